The molecule has 0 radical (unpaired) electrons. The van der Waals surface area contributed by atoms with Crippen LogP contribution in [0.3, 0.4) is 0 Å². The van der Waals surface area contributed by atoms with Gasteiger partial charge in [0.25, 0.3) is 0 Å². The average Bonchev–Trinajstić information content (AvgIpc) is 2.17. The highest BCUT2D eigenvalue weighted by molar-refractivity contribution is 5.59. The Morgan fingerprint density at radius 3 is 3.00 bits per heavy atom. The molecule has 0 saturated heterocycles. The summed E-state index contributed by atoms with van der Waals surface area (Å²) in [5, 5.41) is 3.30. The van der Waals surface area contributed by atoms with Crippen molar-refractivity contribution in [3.63, 3.8) is 0 Å². The van der Waals surface area contributed by atoms with Crippen molar-refractivity contribution in [2.75, 3.05) is 18.5 Å². The Hall–Kier alpha value is -1.18. The van der Waals surface area contributed by atoms with E-state index in [1.807, 2.05) is 0 Å². The van der Waals surface area contributed by atoms with E-state index in [0.29, 0.717) is 5.92 Å². The van der Waals surface area contributed by atoms with Gasteiger partial charge in [-0.2, -0.15) is 0 Å². The standard InChI is InChI=1S/C11H15NO/c1-8(2)9-3-4-10-11(7-9)13-6-5-12-10/h3-4,7-8,12H,5-6H2,1-2H3. The first-order valence-electron chi connectivity index (χ1n) is 4.78. The van der Waals surface area contributed by atoms with Gasteiger partial charge in [0, 0.05) is 6.54 Å². The van der Waals surface area contributed by atoms with Crippen LogP contribution in [0.2, 0.25) is 0 Å². The van der Waals surface area contributed by atoms with Crippen LogP contribution in [0.25, 0.3) is 0 Å². The van der Waals surface area contributed by atoms with Crippen molar-refractivity contribution in [3.05, 3.63) is 23.8 Å². The molecule has 2 heteroatoms. The minimum Gasteiger partial charge on any atom is -0.490 e. The molecule has 0 aliphatic carbocycles. The summed E-state index contributed by atoms with van der Waals surface area (Å²) in [4.78, 5) is 0. The van der Waals surface area contributed by atoms with E-state index in [-0.39, 0.29) is 0 Å². The van der Waals surface area contributed by atoms with E-state index in [4.69, 9.17) is 4.74 Å². The number of fused-ring (bicyclic) bond motifs is 1. The molecule has 0 amide bonds. The number of ether oxygens (including phenoxy) is 1. The van der Waals surface area contributed by atoms with E-state index >= 15 is 0 Å². The molecule has 13 heavy (non-hydrogen) atoms. The number of rotatable bonds is 1. The van der Waals surface area contributed by atoms with Gasteiger partial charge in [0.05, 0.1) is 5.69 Å². The quantitative estimate of drug-likeness (QED) is 0.712. The number of nitrogens with one attached hydrogen (secondary N) is 1. The largest absolute Gasteiger partial charge is 0.490 e. The molecular formula is C11H15NO. The lowest BCUT2D eigenvalue weighted by molar-refractivity contribution is 0.323. The van der Waals surface area contributed by atoms with Crippen LogP contribution in [0.15, 0.2) is 18.2 Å². The van der Waals surface area contributed by atoms with Gasteiger partial charge in [-0.1, -0.05) is 19.9 Å². The Bertz CT molecular complexity index is 307. The predicted octanol–water partition coefficient (Wildman–Crippen LogP) is 2.61. The molecule has 0 spiro atoms. The lowest BCUT2D eigenvalue weighted by Crippen LogP contribution is -2.18. The Labute approximate surface area is 78.9 Å². The van der Waals surface area contributed by atoms with Gasteiger partial charge >= 0.3 is 0 Å². The second-order valence-electron chi connectivity index (χ2n) is 3.69. The molecule has 1 N–H and O–H groups in total. The third kappa shape index (κ3) is 1.62. The molecule has 1 aromatic carbocycles. The van der Waals surface area contributed by atoms with Gasteiger partial charge < -0.3 is 10.1 Å². The molecule has 0 aromatic heterocycles. The fraction of sp³-hybridized carbons (Fsp3) is 0.455. The first-order chi connectivity index (χ1) is 6.27. The van der Waals surface area contributed by atoms with E-state index in [0.717, 1.165) is 24.6 Å². The molecule has 1 aliphatic heterocycles. The maximum atomic E-state index is 5.55. The van der Waals surface area contributed by atoms with E-state index in [1.54, 1.807) is 0 Å². The van der Waals surface area contributed by atoms with Crippen LogP contribution >= 0.6 is 0 Å². The van der Waals surface area contributed by atoms with Gasteiger partial charge in [-0.15, -0.1) is 0 Å². The monoisotopic (exact) mass is 177 g/mol. The van der Waals surface area contributed by atoms with Crippen LogP contribution in [-0.4, -0.2) is 13.2 Å². The van der Waals surface area contributed by atoms with Crippen molar-refractivity contribution in [1.29, 1.82) is 0 Å². The zero-order valence-corrected chi connectivity index (χ0v) is 8.13. The fourth-order valence-electron chi connectivity index (χ4n) is 1.51. The summed E-state index contributed by atoms with van der Waals surface area (Å²) >= 11 is 0. The second-order valence-corrected chi connectivity index (χ2v) is 3.69. The van der Waals surface area contributed by atoms with E-state index in [9.17, 15) is 0 Å². The molecule has 2 nitrogen and oxygen atoms in total. The molecular weight excluding hydrogens is 162 g/mol. The number of hydrogen-bond acceptors (Lipinski definition) is 2. The van der Waals surface area contributed by atoms with Gasteiger partial charge in [0.1, 0.15) is 12.4 Å². The SMILES string of the molecule is CC(C)c1ccc2c(c1)OCCN2. The third-order valence-electron chi connectivity index (χ3n) is 2.35. The number of benzene rings is 1. The second kappa shape index (κ2) is 3.29. The number of anilines is 1. The molecule has 0 bridgehead atoms. The Kier molecular flexibility index (Phi) is 2.13. The van der Waals surface area contributed by atoms with Gasteiger partial charge in [-0.25, -0.2) is 0 Å². The lowest BCUT2D eigenvalue weighted by Gasteiger charge is -2.20. The first kappa shape index (κ1) is 8.42. The zero-order valence-electron chi connectivity index (χ0n) is 8.13. The molecule has 1 heterocycles. The molecule has 1 aliphatic rings. The topological polar surface area (TPSA) is 21.3 Å². The van der Waals surface area contributed by atoms with Gasteiger partial charge in [-0.05, 0) is 23.6 Å². The predicted molar refractivity (Wildman–Crippen MR) is 54.5 cm³/mol. The summed E-state index contributed by atoms with van der Waals surface area (Å²) in [6.07, 6.45) is 0. The van der Waals surface area contributed by atoms with Crippen LogP contribution < -0.4 is 10.1 Å². The van der Waals surface area contributed by atoms with E-state index < -0.39 is 0 Å². The van der Waals surface area contributed by atoms with Crippen LogP contribution in [0.4, 0.5) is 5.69 Å². The molecule has 2 rings (SSSR count). The van der Waals surface area contributed by atoms with Gasteiger partial charge in [0.2, 0.25) is 0 Å². The maximum Gasteiger partial charge on any atom is 0.142 e. The van der Waals surface area contributed by atoms with Crippen molar-refractivity contribution >= 4 is 5.69 Å². The maximum absolute atomic E-state index is 5.55. The molecule has 1 aromatic rings. The van der Waals surface area contributed by atoms with Crippen molar-refractivity contribution in [2.45, 2.75) is 19.8 Å². The van der Waals surface area contributed by atoms with Crippen molar-refractivity contribution in [3.8, 4) is 5.75 Å². The molecule has 70 valence electrons. The average molecular weight is 177 g/mol. The Morgan fingerprint density at radius 2 is 2.23 bits per heavy atom. The first-order valence-corrected chi connectivity index (χ1v) is 4.78. The van der Waals surface area contributed by atoms with Crippen molar-refractivity contribution in [1.82, 2.24) is 0 Å². The van der Waals surface area contributed by atoms with E-state index in [1.165, 1.54) is 5.56 Å². The number of hydrogen-bond donors (Lipinski definition) is 1. The Morgan fingerprint density at radius 1 is 1.38 bits per heavy atom. The molecule has 0 atom stereocenters. The summed E-state index contributed by atoms with van der Waals surface area (Å²) in [5.41, 5.74) is 2.46. The van der Waals surface area contributed by atoms with Crippen molar-refractivity contribution < 1.29 is 4.74 Å². The highest BCUT2D eigenvalue weighted by atomic mass is 16.5. The summed E-state index contributed by atoms with van der Waals surface area (Å²) in [6, 6.07) is 6.39. The summed E-state index contributed by atoms with van der Waals surface area (Å²) < 4.78 is 5.55. The minimum atomic E-state index is 0.566. The van der Waals surface area contributed by atoms with Crippen LogP contribution in [-0.2, 0) is 0 Å². The van der Waals surface area contributed by atoms with Crippen LogP contribution in [0.5, 0.6) is 5.75 Å². The van der Waals surface area contributed by atoms with Crippen molar-refractivity contribution in [2.24, 2.45) is 0 Å². The van der Waals surface area contributed by atoms with E-state index in [2.05, 4.69) is 37.4 Å². The van der Waals surface area contributed by atoms with Gasteiger partial charge in [0.15, 0.2) is 0 Å². The summed E-state index contributed by atoms with van der Waals surface area (Å²) in [5.74, 6) is 1.56. The summed E-state index contributed by atoms with van der Waals surface area (Å²) in [6.45, 7) is 6.07. The fourth-order valence-corrected chi connectivity index (χ4v) is 1.51. The third-order valence-corrected chi connectivity index (χ3v) is 2.35. The minimum absolute atomic E-state index is 0.566. The van der Waals surface area contributed by atoms with Crippen LogP contribution in [0.1, 0.15) is 25.3 Å². The zero-order chi connectivity index (χ0) is 9.26. The van der Waals surface area contributed by atoms with Gasteiger partial charge in [-0.3, -0.25) is 0 Å². The molecule has 0 unspecified atom stereocenters. The molecule has 0 saturated carbocycles. The highest BCUT2D eigenvalue weighted by Crippen LogP contribution is 2.30. The van der Waals surface area contributed by atoms with Crippen LogP contribution in [0, 0.1) is 0 Å². The summed E-state index contributed by atoms with van der Waals surface area (Å²) in [7, 11) is 0. The Balaban J connectivity index is 2.35. The smallest absolute Gasteiger partial charge is 0.142 e. The highest BCUT2D eigenvalue weighted by Gasteiger charge is 2.10. The lowest BCUT2D eigenvalue weighted by atomic mass is 10.0. The normalized spacial score (nSPS) is 14.7. The molecule has 0 fully saturated rings.